The molecular weight excluding hydrogens is 1280 g/mol. The Balaban J connectivity index is 0.607. The molecule has 2 aromatic heterocycles. The molecule has 4 fully saturated rings. The monoisotopic (exact) mass is 1350 g/mol. The van der Waals surface area contributed by atoms with Crippen molar-refractivity contribution in [1.29, 1.82) is 0 Å². The number of aromatic amines is 1. The predicted molar refractivity (Wildman–Crippen MR) is 355 cm³/mol. The fraction of sp³-hybridized carbons (Fsp3) is 0.362. The van der Waals surface area contributed by atoms with Crippen LogP contribution >= 0.6 is 11.6 Å². The van der Waals surface area contributed by atoms with Gasteiger partial charge in [0.2, 0.25) is 11.8 Å². The van der Waals surface area contributed by atoms with Gasteiger partial charge in [0, 0.05) is 130 Å². The zero-order chi connectivity index (χ0) is 66.7. The van der Waals surface area contributed by atoms with Crippen molar-refractivity contribution in [3.05, 3.63) is 165 Å². The van der Waals surface area contributed by atoms with Crippen molar-refractivity contribution in [2.24, 2.45) is 11.8 Å². The number of likely N-dealkylation sites (tertiary alicyclic amines) is 1. The summed E-state index contributed by atoms with van der Waals surface area (Å²) in [5.74, 6) is 4.23. The normalized spacial score (nSPS) is 17.2. The first-order valence-electron chi connectivity index (χ1n) is 31.8. The number of ether oxygens (including phenoxy) is 6. The number of anilines is 2. The molecule has 4 saturated heterocycles. The van der Waals surface area contributed by atoms with Gasteiger partial charge in [-0.25, -0.2) is 18.1 Å². The molecule has 500 valence electrons. The molecule has 0 saturated carbocycles. The summed E-state index contributed by atoms with van der Waals surface area (Å²) in [6, 6.07) is 29.7. The fourth-order valence-corrected chi connectivity index (χ4v) is 13.4. The van der Waals surface area contributed by atoms with Crippen LogP contribution in [0.1, 0.15) is 67.9 Å². The highest BCUT2D eigenvalue weighted by Gasteiger charge is 2.45. The van der Waals surface area contributed by atoms with E-state index in [1.54, 1.807) is 36.5 Å². The largest absolute Gasteiger partial charge is 0.493 e. The lowest BCUT2D eigenvalue weighted by atomic mass is 9.97. The smallest absolute Gasteiger partial charge is 0.293 e. The number of piperazine rings is 1. The van der Waals surface area contributed by atoms with Crippen LogP contribution in [0.5, 0.6) is 17.2 Å². The second kappa shape index (κ2) is 30.6. The average molecular weight is 1350 g/mol. The molecule has 0 radical (unpaired) electrons. The number of carbonyl (C=O) groups excluding carboxylic acids is 5. The minimum absolute atomic E-state index is 0.0331. The van der Waals surface area contributed by atoms with Crippen LogP contribution in [0, 0.1) is 33.8 Å². The van der Waals surface area contributed by atoms with E-state index in [-0.39, 0.29) is 60.1 Å². The summed E-state index contributed by atoms with van der Waals surface area (Å²) in [7, 11) is -4.63. The van der Waals surface area contributed by atoms with E-state index in [4.69, 9.17) is 40.0 Å². The van der Waals surface area contributed by atoms with Gasteiger partial charge in [-0.2, -0.15) is 0 Å². The molecular formula is C69H71ClN10O15S. The molecule has 5 amide bonds. The average Bonchev–Trinajstić information content (AvgIpc) is 1.62. The second-order valence-corrected chi connectivity index (χ2v) is 26.0. The minimum Gasteiger partial charge on any atom is -0.493 e. The molecule has 1 atom stereocenters. The van der Waals surface area contributed by atoms with Crippen LogP contribution in [0.4, 0.5) is 17.1 Å². The van der Waals surface area contributed by atoms with Crippen LogP contribution in [0.2, 0.25) is 5.02 Å². The van der Waals surface area contributed by atoms with E-state index >= 15 is 0 Å². The van der Waals surface area contributed by atoms with E-state index in [9.17, 15) is 42.5 Å². The molecule has 0 spiro atoms. The van der Waals surface area contributed by atoms with Gasteiger partial charge in [0.15, 0.2) is 0 Å². The third-order valence-corrected chi connectivity index (χ3v) is 19.1. The molecule has 5 aliphatic heterocycles. The maximum absolute atomic E-state index is 14.1. The zero-order valence-corrected chi connectivity index (χ0v) is 54.0. The van der Waals surface area contributed by atoms with Crippen molar-refractivity contribution < 1.29 is 65.7 Å². The highest BCUT2D eigenvalue weighted by atomic mass is 35.5. The van der Waals surface area contributed by atoms with Gasteiger partial charge in [-0.3, -0.25) is 49.2 Å². The van der Waals surface area contributed by atoms with Gasteiger partial charge in [-0.05, 0) is 103 Å². The maximum atomic E-state index is 14.1. The fourth-order valence-electron chi connectivity index (χ4n) is 12.3. The van der Waals surface area contributed by atoms with Crippen molar-refractivity contribution in [3.8, 4) is 40.2 Å². The Morgan fingerprint density at radius 3 is 2.34 bits per heavy atom. The van der Waals surface area contributed by atoms with Crippen molar-refractivity contribution in [2.45, 2.75) is 43.2 Å². The molecule has 96 heavy (non-hydrogen) atoms. The number of nitro benzene ring substituents is 1. The minimum atomic E-state index is -4.63. The Hall–Kier alpha value is -9.30. The number of rotatable bonds is 27. The van der Waals surface area contributed by atoms with E-state index in [1.165, 1.54) is 30.5 Å². The Morgan fingerprint density at radius 1 is 0.802 bits per heavy atom. The second-order valence-electron chi connectivity index (χ2n) is 23.9. The van der Waals surface area contributed by atoms with E-state index in [2.05, 4.69) is 57.9 Å². The lowest BCUT2D eigenvalue weighted by Crippen LogP contribution is -2.54. The first-order valence-corrected chi connectivity index (χ1v) is 33.7. The number of sulfonamides is 1. The summed E-state index contributed by atoms with van der Waals surface area (Å²) in [6.07, 6.45) is 4.94. The molecule has 25 nitrogen and oxygen atoms in total. The van der Waals surface area contributed by atoms with Gasteiger partial charge < -0.3 is 48.5 Å². The quantitative estimate of drug-likeness (QED) is 0.0126. The Morgan fingerprint density at radius 2 is 1.56 bits per heavy atom. The number of hydrogen-bond acceptors (Lipinski definition) is 20. The number of nitrogens with zero attached hydrogens (tertiary/aromatic N) is 6. The summed E-state index contributed by atoms with van der Waals surface area (Å²) < 4.78 is 65.5. The van der Waals surface area contributed by atoms with Crippen molar-refractivity contribution in [3.63, 3.8) is 0 Å². The van der Waals surface area contributed by atoms with E-state index in [1.807, 2.05) is 42.5 Å². The number of nitrogens with one attached hydrogen (secondary N) is 4. The number of imide groups is 2. The Kier molecular flexibility index (Phi) is 21.3. The Bertz CT molecular complexity index is 4240. The van der Waals surface area contributed by atoms with Crippen LogP contribution in [-0.2, 0) is 45.1 Å². The van der Waals surface area contributed by atoms with Gasteiger partial charge in [0.1, 0.15) is 41.2 Å². The summed E-state index contributed by atoms with van der Waals surface area (Å²) in [5, 5.41) is 18.9. The van der Waals surface area contributed by atoms with Crippen molar-refractivity contribution in [1.82, 2.24) is 34.7 Å². The van der Waals surface area contributed by atoms with E-state index in [0.717, 1.165) is 77.0 Å². The summed E-state index contributed by atoms with van der Waals surface area (Å²) >= 11 is 6.36. The molecule has 4 N–H and O–H groups in total. The van der Waals surface area contributed by atoms with Crippen LogP contribution in [-0.4, -0.2) is 185 Å². The first-order chi connectivity index (χ1) is 46.6. The number of hydrogen-bond donors (Lipinski definition) is 4. The lowest BCUT2D eigenvalue weighted by molar-refractivity contribution is -0.384. The molecule has 12 rings (SSSR count). The number of aromatic nitrogens is 2. The number of amides is 5. The number of carbonyl (C=O) groups is 5. The number of fused-ring (bicyclic) bond motifs is 2. The highest BCUT2D eigenvalue weighted by Crippen LogP contribution is 2.37. The van der Waals surface area contributed by atoms with Crippen LogP contribution in [0.25, 0.3) is 22.2 Å². The predicted octanol–water partition coefficient (Wildman–Crippen LogP) is 7.68. The zero-order valence-electron chi connectivity index (χ0n) is 52.4. The molecule has 5 aliphatic rings. The molecule has 7 aromatic rings. The molecule has 5 aromatic carbocycles. The van der Waals surface area contributed by atoms with Gasteiger partial charge >= 0.3 is 0 Å². The lowest BCUT2D eigenvalue weighted by Gasteiger charge is -2.39. The van der Waals surface area contributed by atoms with Crippen LogP contribution < -0.4 is 29.7 Å². The third kappa shape index (κ3) is 16.0. The van der Waals surface area contributed by atoms with Gasteiger partial charge in [0.05, 0.1) is 72.3 Å². The number of pyridine rings is 1. The van der Waals surface area contributed by atoms with E-state index in [0.29, 0.717) is 113 Å². The number of halogens is 1. The number of nitro groups is 1. The van der Waals surface area contributed by atoms with Gasteiger partial charge in [-0.1, -0.05) is 53.8 Å². The van der Waals surface area contributed by atoms with Crippen molar-refractivity contribution >= 4 is 79.3 Å². The van der Waals surface area contributed by atoms with Crippen LogP contribution in [0.3, 0.4) is 0 Å². The molecule has 1 unspecified atom stereocenters. The number of piperidine rings is 1. The Labute approximate surface area is 558 Å². The van der Waals surface area contributed by atoms with Crippen molar-refractivity contribution in [2.75, 3.05) is 122 Å². The third-order valence-electron chi connectivity index (χ3n) is 17.5. The summed E-state index contributed by atoms with van der Waals surface area (Å²) in [6.45, 7) is 9.84. The van der Waals surface area contributed by atoms with Gasteiger partial charge in [0.25, 0.3) is 33.4 Å². The van der Waals surface area contributed by atoms with E-state index < -0.39 is 61.1 Å². The highest BCUT2D eigenvalue weighted by molar-refractivity contribution is 7.90. The summed E-state index contributed by atoms with van der Waals surface area (Å²) in [4.78, 5) is 91.1. The molecule has 0 aliphatic carbocycles. The molecule has 7 heterocycles. The van der Waals surface area contributed by atoms with Crippen LogP contribution in [0.15, 0.2) is 126 Å². The summed E-state index contributed by atoms with van der Waals surface area (Å²) in [5.41, 5.74) is 4.74. The standard InChI is InChI=1S/C69H71ClN10O15S/c70-50-11-9-47(10-12-50)54-6-2-8-61(94-44-46-41-77(42-46)27-31-92-33-35-93-34-32-90-28-3-5-48-4-1-7-56-64(48)69(85)79(68(56)84)59-17-18-63(81)74-67(59)83)57(54)43-76-23-25-78(26-24-76)51-13-15-55(62(37-51)95-52-36-49-19-22-71-65(49)73-40-52)66(82)75-96(88,89)53-14-16-58(60(38-53)80(86)87)72-39-45-20-29-91-30-21-45/h1-2,4,6-16,19,22,36-38,40,45-46,59,72H,17-18,20-21,23-35,39,41-44H2,(H,71,73)(H,75,82)(H,74,81,83). The molecule has 27 heteroatoms. The maximum Gasteiger partial charge on any atom is 0.293 e. The first kappa shape index (κ1) is 66.7. The number of benzene rings is 5. The molecule has 0 bridgehead atoms. The topological polar surface area (TPSA) is 296 Å². The van der Waals surface area contributed by atoms with Gasteiger partial charge in [-0.15, -0.1) is 0 Å². The number of H-pyrrole nitrogens is 1. The SMILES string of the molecule is O=C1CCC(N2C(=O)c3cccc(C#CCOCCOCCOCCN4CC(COc5cccc(-c6ccc(Cl)cc6)c5CN5CCN(c6ccc(C(=O)NS(=O)(=O)c7ccc(NCC8CCOCC8)c([N+](=O)[O-])c7)c(Oc7cnc8[nH]ccc8c7)c6)CC5)C4)c3C2=O)C(=O)N1.